The van der Waals surface area contributed by atoms with E-state index in [2.05, 4.69) is 10.3 Å². The molecule has 1 aliphatic rings. The van der Waals surface area contributed by atoms with E-state index in [1.165, 1.54) is 18.3 Å². The van der Waals surface area contributed by atoms with E-state index in [0.29, 0.717) is 18.2 Å². The summed E-state index contributed by atoms with van der Waals surface area (Å²) in [6.07, 6.45) is 3.08. The maximum absolute atomic E-state index is 12.2. The average Bonchev–Trinajstić information content (AvgIpc) is 2.91. The average molecular weight is 281 g/mol. The molecule has 0 aromatic carbocycles. The van der Waals surface area contributed by atoms with Gasteiger partial charge in [-0.2, -0.15) is 0 Å². The molecule has 1 fully saturated rings. The Morgan fingerprint density at radius 3 is 3.11 bits per heavy atom. The van der Waals surface area contributed by atoms with Crippen molar-refractivity contribution in [3.8, 4) is 0 Å². The SMILES string of the molecule is CC(=O)NCCC1CCCN(C(=O)c2cscn2)C1. The number of nitrogens with one attached hydrogen (secondary N) is 1. The summed E-state index contributed by atoms with van der Waals surface area (Å²) in [7, 11) is 0. The van der Waals surface area contributed by atoms with Gasteiger partial charge in [-0.3, -0.25) is 9.59 Å². The Morgan fingerprint density at radius 2 is 2.42 bits per heavy atom. The van der Waals surface area contributed by atoms with Crippen LogP contribution in [0.2, 0.25) is 0 Å². The molecule has 1 aromatic rings. The van der Waals surface area contributed by atoms with Crippen molar-refractivity contribution in [2.75, 3.05) is 19.6 Å². The minimum Gasteiger partial charge on any atom is -0.356 e. The van der Waals surface area contributed by atoms with Gasteiger partial charge in [0.05, 0.1) is 5.51 Å². The van der Waals surface area contributed by atoms with Crippen molar-refractivity contribution in [3.05, 3.63) is 16.6 Å². The fraction of sp³-hybridized carbons (Fsp3) is 0.615. The van der Waals surface area contributed by atoms with E-state index in [9.17, 15) is 9.59 Å². The molecule has 1 unspecified atom stereocenters. The third kappa shape index (κ3) is 4.02. The second kappa shape index (κ2) is 6.65. The lowest BCUT2D eigenvalue weighted by Gasteiger charge is -2.32. The predicted molar refractivity (Wildman–Crippen MR) is 74.0 cm³/mol. The maximum Gasteiger partial charge on any atom is 0.273 e. The molecule has 2 amide bonds. The molecule has 104 valence electrons. The van der Waals surface area contributed by atoms with E-state index in [-0.39, 0.29) is 11.8 Å². The molecule has 1 aliphatic heterocycles. The second-order valence-corrected chi connectivity index (χ2v) is 5.62. The highest BCUT2D eigenvalue weighted by Crippen LogP contribution is 2.20. The zero-order valence-corrected chi connectivity index (χ0v) is 11.9. The van der Waals surface area contributed by atoms with Crippen LogP contribution in [0.5, 0.6) is 0 Å². The zero-order valence-electron chi connectivity index (χ0n) is 11.1. The number of aromatic nitrogens is 1. The van der Waals surface area contributed by atoms with E-state index in [1.807, 2.05) is 4.90 Å². The largest absolute Gasteiger partial charge is 0.356 e. The molecule has 0 spiro atoms. The lowest BCUT2D eigenvalue weighted by molar-refractivity contribution is -0.119. The second-order valence-electron chi connectivity index (χ2n) is 4.90. The summed E-state index contributed by atoms with van der Waals surface area (Å²) in [6, 6.07) is 0. The number of likely N-dealkylation sites (tertiary alicyclic amines) is 1. The molecular weight excluding hydrogens is 262 g/mol. The van der Waals surface area contributed by atoms with Gasteiger partial charge in [0.25, 0.3) is 5.91 Å². The van der Waals surface area contributed by atoms with Crippen LogP contribution in [0.15, 0.2) is 10.9 Å². The molecule has 1 saturated heterocycles. The van der Waals surface area contributed by atoms with Crippen molar-refractivity contribution in [2.45, 2.75) is 26.2 Å². The van der Waals surface area contributed by atoms with Crippen molar-refractivity contribution in [3.63, 3.8) is 0 Å². The molecule has 19 heavy (non-hydrogen) atoms. The van der Waals surface area contributed by atoms with Gasteiger partial charge in [0.2, 0.25) is 5.91 Å². The van der Waals surface area contributed by atoms with Gasteiger partial charge in [0, 0.05) is 31.9 Å². The number of carbonyl (C=O) groups excluding carboxylic acids is 2. The fourth-order valence-electron chi connectivity index (χ4n) is 2.42. The highest BCUT2D eigenvalue weighted by molar-refractivity contribution is 7.07. The number of nitrogens with zero attached hydrogens (tertiary/aromatic N) is 2. The molecule has 5 nitrogen and oxygen atoms in total. The first kappa shape index (κ1) is 14.0. The fourth-order valence-corrected chi connectivity index (χ4v) is 2.94. The van der Waals surface area contributed by atoms with E-state index in [4.69, 9.17) is 0 Å². The Kier molecular flexibility index (Phi) is 4.90. The van der Waals surface area contributed by atoms with Gasteiger partial charge in [-0.25, -0.2) is 4.98 Å². The van der Waals surface area contributed by atoms with Gasteiger partial charge in [-0.15, -0.1) is 11.3 Å². The first-order chi connectivity index (χ1) is 9.16. The van der Waals surface area contributed by atoms with Gasteiger partial charge in [-0.1, -0.05) is 0 Å². The molecule has 6 heteroatoms. The van der Waals surface area contributed by atoms with E-state index < -0.39 is 0 Å². The summed E-state index contributed by atoms with van der Waals surface area (Å²) in [5, 5.41) is 4.61. The Morgan fingerprint density at radius 1 is 1.58 bits per heavy atom. The Bertz CT molecular complexity index is 433. The van der Waals surface area contributed by atoms with Gasteiger partial charge in [0.15, 0.2) is 0 Å². The summed E-state index contributed by atoms with van der Waals surface area (Å²) in [5.74, 6) is 0.514. The monoisotopic (exact) mass is 281 g/mol. The Labute approximate surface area is 117 Å². The lowest BCUT2D eigenvalue weighted by Crippen LogP contribution is -2.41. The van der Waals surface area contributed by atoms with Crippen LogP contribution in [-0.2, 0) is 4.79 Å². The topological polar surface area (TPSA) is 62.3 Å². The Balaban J connectivity index is 1.83. The third-order valence-corrected chi connectivity index (χ3v) is 3.97. The quantitative estimate of drug-likeness (QED) is 0.910. The molecule has 0 radical (unpaired) electrons. The number of thiazole rings is 1. The van der Waals surface area contributed by atoms with Crippen molar-refractivity contribution >= 4 is 23.2 Å². The summed E-state index contributed by atoms with van der Waals surface area (Å²) in [4.78, 5) is 29.0. The number of hydrogen-bond donors (Lipinski definition) is 1. The number of hydrogen-bond acceptors (Lipinski definition) is 4. The minimum absolute atomic E-state index is 0.00575. The third-order valence-electron chi connectivity index (χ3n) is 3.38. The van der Waals surface area contributed by atoms with Crippen LogP contribution < -0.4 is 5.32 Å². The van der Waals surface area contributed by atoms with Crippen LogP contribution in [0.3, 0.4) is 0 Å². The van der Waals surface area contributed by atoms with Crippen molar-refractivity contribution in [2.24, 2.45) is 5.92 Å². The summed E-state index contributed by atoms with van der Waals surface area (Å²) < 4.78 is 0. The maximum atomic E-state index is 12.2. The first-order valence-corrected chi connectivity index (χ1v) is 7.53. The van der Waals surface area contributed by atoms with Crippen LogP contribution in [-0.4, -0.2) is 41.3 Å². The molecule has 1 atom stereocenters. The van der Waals surface area contributed by atoms with Crippen LogP contribution in [0.1, 0.15) is 36.7 Å². The van der Waals surface area contributed by atoms with Crippen LogP contribution in [0.25, 0.3) is 0 Å². The smallest absolute Gasteiger partial charge is 0.273 e. The van der Waals surface area contributed by atoms with Gasteiger partial charge >= 0.3 is 0 Å². The minimum atomic E-state index is 0.00575. The number of carbonyl (C=O) groups is 2. The molecule has 2 heterocycles. The standard InChI is InChI=1S/C13H19N3O2S/c1-10(17)14-5-4-11-3-2-6-16(7-11)13(18)12-8-19-9-15-12/h8-9,11H,2-7H2,1H3,(H,14,17). The van der Waals surface area contributed by atoms with Crippen molar-refractivity contribution < 1.29 is 9.59 Å². The first-order valence-electron chi connectivity index (χ1n) is 6.58. The Hall–Kier alpha value is -1.43. The van der Waals surface area contributed by atoms with Gasteiger partial charge in [0.1, 0.15) is 5.69 Å². The van der Waals surface area contributed by atoms with Crippen LogP contribution in [0.4, 0.5) is 0 Å². The number of piperidine rings is 1. The zero-order chi connectivity index (χ0) is 13.7. The highest BCUT2D eigenvalue weighted by Gasteiger charge is 2.25. The molecule has 2 rings (SSSR count). The summed E-state index contributed by atoms with van der Waals surface area (Å²) in [6.45, 7) is 3.81. The van der Waals surface area contributed by atoms with E-state index >= 15 is 0 Å². The van der Waals surface area contributed by atoms with Gasteiger partial charge < -0.3 is 10.2 Å². The van der Waals surface area contributed by atoms with Crippen LogP contribution in [0, 0.1) is 5.92 Å². The summed E-state index contributed by atoms with van der Waals surface area (Å²) >= 11 is 1.44. The predicted octanol–water partition coefficient (Wildman–Crippen LogP) is 1.52. The van der Waals surface area contributed by atoms with Crippen LogP contribution >= 0.6 is 11.3 Å². The summed E-state index contributed by atoms with van der Waals surface area (Å²) in [5.41, 5.74) is 2.23. The molecule has 0 saturated carbocycles. The molecule has 0 bridgehead atoms. The van der Waals surface area contributed by atoms with Crippen molar-refractivity contribution in [1.82, 2.24) is 15.2 Å². The number of amides is 2. The molecule has 1 aromatic heterocycles. The molecular formula is C13H19N3O2S. The molecule has 0 aliphatic carbocycles. The normalized spacial score (nSPS) is 19.2. The highest BCUT2D eigenvalue weighted by atomic mass is 32.1. The van der Waals surface area contributed by atoms with Gasteiger partial charge in [-0.05, 0) is 25.2 Å². The van der Waals surface area contributed by atoms with Crippen molar-refractivity contribution in [1.29, 1.82) is 0 Å². The lowest BCUT2D eigenvalue weighted by atomic mass is 9.94. The number of rotatable bonds is 4. The molecule has 1 N–H and O–H groups in total. The van der Waals surface area contributed by atoms with E-state index in [1.54, 1.807) is 10.9 Å². The van der Waals surface area contributed by atoms with E-state index in [0.717, 1.165) is 32.4 Å².